The number of carbonyl (C=O) groups excluding carboxylic acids is 1. The van der Waals surface area contributed by atoms with E-state index in [9.17, 15) is 9.90 Å². The molecule has 1 aromatic carbocycles. The number of benzene rings is 1. The number of halogens is 1. The predicted molar refractivity (Wildman–Crippen MR) is 82.6 cm³/mol. The van der Waals surface area contributed by atoms with Crippen LogP contribution in [0.4, 0.5) is 0 Å². The molecule has 1 aromatic rings. The molecule has 1 amide bonds. The van der Waals surface area contributed by atoms with Gasteiger partial charge in [-0.1, -0.05) is 23.7 Å². The fourth-order valence-electron chi connectivity index (χ4n) is 2.50. The van der Waals surface area contributed by atoms with Crippen LogP contribution in [0.5, 0.6) is 5.75 Å². The van der Waals surface area contributed by atoms with Crippen molar-refractivity contribution < 1.29 is 14.6 Å². The summed E-state index contributed by atoms with van der Waals surface area (Å²) in [7, 11) is 0. The minimum atomic E-state index is -0.192. The van der Waals surface area contributed by atoms with Gasteiger partial charge >= 0.3 is 0 Å². The smallest absolute Gasteiger partial charge is 0.220 e. The van der Waals surface area contributed by atoms with Crippen molar-refractivity contribution in [3.8, 4) is 5.75 Å². The molecule has 0 saturated heterocycles. The Morgan fingerprint density at radius 2 is 2.00 bits per heavy atom. The summed E-state index contributed by atoms with van der Waals surface area (Å²) in [6.45, 7) is 0.473. The summed E-state index contributed by atoms with van der Waals surface area (Å²) < 4.78 is 5.55. The predicted octanol–water partition coefficient (Wildman–Crippen LogP) is 2.92. The normalized spacial score (nSPS) is 21.8. The molecule has 2 N–H and O–H groups in total. The van der Waals surface area contributed by atoms with Gasteiger partial charge in [0.1, 0.15) is 5.75 Å². The Labute approximate surface area is 130 Å². The SMILES string of the molecule is O=C(CCCOc1ccccc1Cl)NC1CCC(O)CC1. The Morgan fingerprint density at radius 3 is 2.71 bits per heavy atom. The Morgan fingerprint density at radius 1 is 1.29 bits per heavy atom. The van der Waals surface area contributed by atoms with Gasteiger partial charge in [-0.15, -0.1) is 0 Å². The quantitative estimate of drug-likeness (QED) is 0.794. The molecule has 116 valence electrons. The second-order valence-corrected chi connectivity index (χ2v) is 5.86. The van der Waals surface area contributed by atoms with Crippen molar-refractivity contribution in [1.82, 2.24) is 5.32 Å². The van der Waals surface area contributed by atoms with Crippen LogP contribution in [0.2, 0.25) is 5.02 Å². The lowest BCUT2D eigenvalue weighted by Crippen LogP contribution is -2.38. The summed E-state index contributed by atoms with van der Waals surface area (Å²) in [6.07, 6.45) is 4.20. The molecule has 21 heavy (non-hydrogen) atoms. The molecule has 0 radical (unpaired) electrons. The van der Waals surface area contributed by atoms with Crippen molar-refractivity contribution >= 4 is 17.5 Å². The van der Waals surface area contributed by atoms with E-state index in [-0.39, 0.29) is 18.1 Å². The van der Waals surface area contributed by atoms with Crippen molar-refractivity contribution in [2.24, 2.45) is 0 Å². The van der Waals surface area contributed by atoms with Gasteiger partial charge in [-0.3, -0.25) is 4.79 Å². The number of aliphatic hydroxyl groups is 1. The number of para-hydroxylation sites is 1. The molecule has 0 spiro atoms. The Kier molecular flexibility index (Phi) is 6.33. The minimum absolute atomic E-state index is 0.0548. The lowest BCUT2D eigenvalue weighted by Gasteiger charge is -2.26. The molecule has 0 heterocycles. The molecule has 1 aliphatic rings. The van der Waals surface area contributed by atoms with Crippen molar-refractivity contribution in [1.29, 1.82) is 0 Å². The highest BCUT2D eigenvalue weighted by atomic mass is 35.5. The van der Waals surface area contributed by atoms with Crippen LogP contribution in [-0.4, -0.2) is 29.8 Å². The molecule has 1 fully saturated rings. The van der Waals surface area contributed by atoms with Gasteiger partial charge in [-0.05, 0) is 44.2 Å². The molecule has 4 nitrogen and oxygen atoms in total. The molecule has 5 heteroatoms. The van der Waals surface area contributed by atoms with E-state index in [0.29, 0.717) is 30.2 Å². The van der Waals surface area contributed by atoms with Crippen molar-refractivity contribution in [3.63, 3.8) is 0 Å². The van der Waals surface area contributed by atoms with Gasteiger partial charge in [0.15, 0.2) is 0 Å². The zero-order valence-corrected chi connectivity index (χ0v) is 12.8. The summed E-state index contributed by atoms with van der Waals surface area (Å²) in [5.74, 6) is 0.708. The van der Waals surface area contributed by atoms with E-state index in [0.717, 1.165) is 25.7 Å². The van der Waals surface area contributed by atoms with Crippen molar-refractivity contribution in [3.05, 3.63) is 29.3 Å². The minimum Gasteiger partial charge on any atom is -0.492 e. The Bertz CT molecular complexity index is 459. The monoisotopic (exact) mass is 311 g/mol. The number of hydrogen-bond acceptors (Lipinski definition) is 3. The highest BCUT2D eigenvalue weighted by Gasteiger charge is 2.20. The summed E-state index contributed by atoms with van der Waals surface area (Å²) in [5.41, 5.74) is 0. The molecule has 0 aliphatic heterocycles. The molecule has 0 atom stereocenters. The lowest BCUT2D eigenvalue weighted by molar-refractivity contribution is -0.122. The maximum atomic E-state index is 11.8. The summed E-state index contributed by atoms with van der Waals surface area (Å²) in [6, 6.07) is 7.52. The number of amides is 1. The standard InChI is InChI=1S/C16H22ClNO3/c17-14-4-1-2-5-15(14)21-11-3-6-16(20)18-12-7-9-13(19)10-8-12/h1-2,4-5,12-13,19H,3,6-11H2,(H,18,20). The number of rotatable bonds is 6. The van der Waals surface area contributed by atoms with Gasteiger partial charge in [-0.2, -0.15) is 0 Å². The van der Waals surface area contributed by atoms with E-state index >= 15 is 0 Å². The number of carbonyl (C=O) groups is 1. The van der Waals surface area contributed by atoms with Crippen molar-refractivity contribution in [2.75, 3.05) is 6.61 Å². The fraction of sp³-hybridized carbons (Fsp3) is 0.562. The van der Waals surface area contributed by atoms with E-state index < -0.39 is 0 Å². The molecular weight excluding hydrogens is 290 g/mol. The average Bonchev–Trinajstić information content (AvgIpc) is 2.48. The van der Waals surface area contributed by atoms with Crippen LogP contribution in [0.3, 0.4) is 0 Å². The van der Waals surface area contributed by atoms with E-state index in [1.807, 2.05) is 18.2 Å². The highest BCUT2D eigenvalue weighted by molar-refractivity contribution is 6.32. The highest BCUT2D eigenvalue weighted by Crippen LogP contribution is 2.23. The first-order chi connectivity index (χ1) is 10.1. The van der Waals surface area contributed by atoms with E-state index in [1.54, 1.807) is 6.07 Å². The number of ether oxygens (including phenoxy) is 1. The number of aliphatic hydroxyl groups excluding tert-OH is 1. The van der Waals surface area contributed by atoms with Crippen LogP contribution in [-0.2, 0) is 4.79 Å². The van der Waals surface area contributed by atoms with Crippen LogP contribution in [0.25, 0.3) is 0 Å². The summed E-state index contributed by atoms with van der Waals surface area (Å²) >= 11 is 5.98. The second kappa shape index (κ2) is 8.25. The molecule has 1 saturated carbocycles. The first kappa shape index (κ1) is 16.1. The van der Waals surface area contributed by atoms with Crippen LogP contribution in [0.1, 0.15) is 38.5 Å². The lowest BCUT2D eigenvalue weighted by atomic mass is 9.93. The van der Waals surface area contributed by atoms with Crippen LogP contribution < -0.4 is 10.1 Å². The molecule has 0 unspecified atom stereocenters. The second-order valence-electron chi connectivity index (χ2n) is 5.46. The zero-order valence-electron chi connectivity index (χ0n) is 12.1. The van der Waals surface area contributed by atoms with Crippen molar-refractivity contribution in [2.45, 2.75) is 50.7 Å². The third-order valence-corrected chi connectivity index (χ3v) is 4.02. The van der Waals surface area contributed by atoms with Gasteiger partial charge in [0.2, 0.25) is 5.91 Å². The van der Waals surface area contributed by atoms with E-state index in [2.05, 4.69) is 5.32 Å². The number of hydrogen-bond donors (Lipinski definition) is 2. The van der Waals surface area contributed by atoms with Crippen LogP contribution in [0, 0.1) is 0 Å². The van der Waals surface area contributed by atoms with Gasteiger partial charge in [0, 0.05) is 12.5 Å². The third kappa shape index (κ3) is 5.56. The summed E-state index contributed by atoms with van der Waals surface area (Å²) in [5, 5.41) is 13.0. The average molecular weight is 312 g/mol. The maximum absolute atomic E-state index is 11.8. The van der Waals surface area contributed by atoms with Gasteiger partial charge in [-0.25, -0.2) is 0 Å². The summed E-state index contributed by atoms with van der Waals surface area (Å²) in [4.78, 5) is 11.8. The van der Waals surface area contributed by atoms with E-state index in [1.165, 1.54) is 0 Å². The first-order valence-electron chi connectivity index (χ1n) is 7.50. The van der Waals surface area contributed by atoms with Gasteiger partial charge in [0.05, 0.1) is 17.7 Å². The van der Waals surface area contributed by atoms with Gasteiger partial charge < -0.3 is 15.2 Å². The van der Waals surface area contributed by atoms with Crippen LogP contribution in [0.15, 0.2) is 24.3 Å². The third-order valence-electron chi connectivity index (χ3n) is 3.70. The van der Waals surface area contributed by atoms with Gasteiger partial charge in [0.25, 0.3) is 0 Å². The largest absolute Gasteiger partial charge is 0.492 e. The molecule has 0 aromatic heterocycles. The number of nitrogens with one attached hydrogen (secondary N) is 1. The molecule has 2 rings (SSSR count). The zero-order chi connectivity index (χ0) is 15.1. The van der Waals surface area contributed by atoms with Crippen LogP contribution >= 0.6 is 11.6 Å². The molecular formula is C16H22ClNO3. The maximum Gasteiger partial charge on any atom is 0.220 e. The molecule has 1 aliphatic carbocycles. The Hall–Kier alpha value is -1.26. The topological polar surface area (TPSA) is 58.6 Å². The fourth-order valence-corrected chi connectivity index (χ4v) is 2.69. The van der Waals surface area contributed by atoms with E-state index in [4.69, 9.17) is 16.3 Å². The Balaban J connectivity index is 1.60. The molecule has 0 bridgehead atoms. The first-order valence-corrected chi connectivity index (χ1v) is 7.87.